The van der Waals surface area contributed by atoms with Crippen LogP contribution < -0.4 is 14.4 Å². The number of anilines is 1. The summed E-state index contributed by atoms with van der Waals surface area (Å²) < 4.78 is 13.1. The molecule has 23 heavy (non-hydrogen) atoms. The number of aromatic nitrogens is 2. The van der Waals surface area contributed by atoms with Crippen molar-refractivity contribution in [3.8, 4) is 11.5 Å². The Balaban J connectivity index is 1.68. The highest BCUT2D eigenvalue weighted by Gasteiger charge is 2.17. The van der Waals surface area contributed by atoms with Gasteiger partial charge in [-0.1, -0.05) is 6.08 Å². The molecule has 2 aliphatic heterocycles. The predicted molar refractivity (Wildman–Crippen MR) is 89.7 cm³/mol. The van der Waals surface area contributed by atoms with Crippen LogP contribution in [0.4, 0.5) is 5.69 Å². The van der Waals surface area contributed by atoms with E-state index in [2.05, 4.69) is 35.3 Å². The number of rotatable bonds is 2. The van der Waals surface area contributed by atoms with E-state index in [1.807, 2.05) is 36.3 Å². The Hall–Kier alpha value is -2.69. The second-order valence-electron chi connectivity index (χ2n) is 5.81. The van der Waals surface area contributed by atoms with E-state index in [0.29, 0.717) is 13.2 Å². The lowest BCUT2D eigenvalue weighted by Crippen LogP contribution is -2.21. The third kappa shape index (κ3) is 2.59. The Morgan fingerprint density at radius 1 is 1.13 bits per heavy atom. The van der Waals surface area contributed by atoms with Gasteiger partial charge in [-0.15, -0.1) is 0 Å². The van der Waals surface area contributed by atoms with Gasteiger partial charge in [0.25, 0.3) is 0 Å². The van der Waals surface area contributed by atoms with Crippen molar-refractivity contribution < 1.29 is 9.47 Å². The number of hydrogen-bond donors (Lipinski definition) is 0. The molecule has 0 unspecified atom stereocenters. The summed E-state index contributed by atoms with van der Waals surface area (Å²) in [5.74, 6) is 1.64. The first kappa shape index (κ1) is 13.9. The standard InChI is InChI=1S/C18H19N3O2/c1-13-5-6-21(12-16(13)14-10-19-20(2)11-14)15-3-4-17-18(9-15)23-8-7-22-17/h3-5,9-12H,6-8H2,1-2H3. The van der Waals surface area contributed by atoms with Crippen molar-refractivity contribution in [2.75, 3.05) is 24.7 Å². The topological polar surface area (TPSA) is 39.5 Å². The number of nitrogens with zero attached hydrogens (tertiary/aromatic N) is 3. The number of hydrogen-bond acceptors (Lipinski definition) is 4. The Bertz CT molecular complexity index is 804. The van der Waals surface area contributed by atoms with E-state index in [9.17, 15) is 0 Å². The Labute approximate surface area is 135 Å². The zero-order chi connectivity index (χ0) is 15.8. The van der Waals surface area contributed by atoms with Crippen LogP contribution in [0, 0.1) is 0 Å². The fourth-order valence-corrected chi connectivity index (χ4v) is 2.91. The Kier molecular flexibility index (Phi) is 3.33. The van der Waals surface area contributed by atoms with E-state index in [1.54, 1.807) is 0 Å². The normalized spacial score (nSPS) is 16.9. The minimum Gasteiger partial charge on any atom is -0.486 e. The van der Waals surface area contributed by atoms with Gasteiger partial charge in [-0.3, -0.25) is 4.68 Å². The first-order valence-corrected chi connectivity index (χ1v) is 7.75. The Morgan fingerprint density at radius 3 is 2.74 bits per heavy atom. The van der Waals surface area contributed by atoms with Crippen LogP contribution in [-0.4, -0.2) is 29.5 Å². The number of allylic oxidation sites excluding steroid dienone is 2. The van der Waals surface area contributed by atoms with E-state index < -0.39 is 0 Å². The van der Waals surface area contributed by atoms with Crippen molar-refractivity contribution in [3.63, 3.8) is 0 Å². The second kappa shape index (κ2) is 5.50. The predicted octanol–water partition coefficient (Wildman–Crippen LogP) is 3.00. The fraction of sp³-hybridized carbons (Fsp3) is 0.278. The molecule has 0 bridgehead atoms. The van der Waals surface area contributed by atoms with E-state index in [-0.39, 0.29) is 0 Å². The van der Waals surface area contributed by atoms with Crippen LogP contribution >= 0.6 is 0 Å². The van der Waals surface area contributed by atoms with Gasteiger partial charge in [0.2, 0.25) is 0 Å². The maximum atomic E-state index is 5.69. The smallest absolute Gasteiger partial charge is 0.163 e. The fourth-order valence-electron chi connectivity index (χ4n) is 2.91. The quantitative estimate of drug-likeness (QED) is 0.855. The first-order valence-electron chi connectivity index (χ1n) is 7.75. The number of ether oxygens (including phenoxy) is 2. The van der Waals surface area contributed by atoms with Crippen molar-refractivity contribution in [2.45, 2.75) is 6.92 Å². The minimum atomic E-state index is 0.603. The summed E-state index contributed by atoms with van der Waals surface area (Å²) in [6.07, 6.45) is 8.35. The molecular formula is C18H19N3O2. The van der Waals surface area contributed by atoms with Crippen LogP contribution in [0.2, 0.25) is 0 Å². The maximum absolute atomic E-state index is 5.69. The van der Waals surface area contributed by atoms with Crippen molar-refractivity contribution in [2.24, 2.45) is 7.05 Å². The van der Waals surface area contributed by atoms with E-state index in [1.165, 1.54) is 11.1 Å². The highest BCUT2D eigenvalue weighted by atomic mass is 16.6. The molecule has 3 heterocycles. The highest BCUT2D eigenvalue weighted by Crippen LogP contribution is 2.36. The first-order chi connectivity index (χ1) is 11.2. The molecule has 0 N–H and O–H groups in total. The lowest BCUT2D eigenvalue weighted by Gasteiger charge is -2.27. The highest BCUT2D eigenvalue weighted by molar-refractivity contribution is 5.81. The minimum absolute atomic E-state index is 0.603. The SMILES string of the molecule is CC1=CCN(c2ccc3c(c2)OCCO3)C=C1c1cnn(C)c1. The van der Waals surface area contributed by atoms with Gasteiger partial charge in [0.15, 0.2) is 11.5 Å². The maximum Gasteiger partial charge on any atom is 0.163 e. The van der Waals surface area contributed by atoms with Crippen LogP contribution in [0.15, 0.2) is 48.4 Å². The molecule has 4 rings (SSSR count). The summed E-state index contributed by atoms with van der Waals surface area (Å²) in [5, 5.41) is 4.28. The molecule has 0 aliphatic carbocycles. The van der Waals surface area contributed by atoms with Crippen LogP contribution in [0.5, 0.6) is 11.5 Å². The largest absolute Gasteiger partial charge is 0.486 e. The van der Waals surface area contributed by atoms with Crippen molar-refractivity contribution in [1.82, 2.24) is 9.78 Å². The lowest BCUT2D eigenvalue weighted by atomic mass is 10.00. The van der Waals surface area contributed by atoms with E-state index >= 15 is 0 Å². The van der Waals surface area contributed by atoms with E-state index in [4.69, 9.17) is 9.47 Å². The van der Waals surface area contributed by atoms with Crippen molar-refractivity contribution >= 4 is 11.3 Å². The van der Waals surface area contributed by atoms with Gasteiger partial charge in [-0.05, 0) is 24.6 Å². The zero-order valence-electron chi connectivity index (χ0n) is 13.3. The van der Waals surface area contributed by atoms with Gasteiger partial charge in [0.05, 0.1) is 6.20 Å². The van der Waals surface area contributed by atoms with Gasteiger partial charge < -0.3 is 14.4 Å². The van der Waals surface area contributed by atoms with Crippen LogP contribution in [-0.2, 0) is 7.05 Å². The molecule has 118 valence electrons. The third-order valence-electron chi connectivity index (χ3n) is 4.18. The van der Waals surface area contributed by atoms with Gasteiger partial charge in [0.1, 0.15) is 13.2 Å². The molecule has 0 fully saturated rings. The zero-order valence-corrected chi connectivity index (χ0v) is 13.3. The van der Waals surface area contributed by atoms with Crippen molar-refractivity contribution in [3.05, 3.63) is 54.0 Å². The molecule has 5 heteroatoms. The molecule has 1 aromatic carbocycles. The van der Waals surface area contributed by atoms with Crippen LogP contribution in [0.1, 0.15) is 12.5 Å². The second-order valence-corrected chi connectivity index (χ2v) is 5.81. The molecule has 1 aromatic heterocycles. The van der Waals surface area contributed by atoms with Gasteiger partial charge in [0, 0.05) is 48.9 Å². The average molecular weight is 309 g/mol. The summed E-state index contributed by atoms with van der Waals surface area (Å²) in [6.45, 7) is 4.20. The molecule has 2 aliphatic rings. The van der Waals surface area contributed by atoms with Crippen LogP contribution in [0.25, 0.3) is 5.57 Å². The molecule has 0 amide bonds. The van der Waals surface area contributed by atoms with Crippen LogP contribution in [0.3, 0.4) is 0 Å². The summed E-state index contributed by atoms with van der Waals surface area (Å²) in [5.41, 5.74) is 4.69. The monoisotopic (exact) mass is 309 g/mol. The van der Waals surface area contributed by atoms with Gasteiger partial charge in [-0.25, -0.2) is 0 Å². The number of fused-ring (bicyclic) bond motifs is 1. The average Bonchev–Trinajstić information content (AvgIpc) is 3.01. The lowest BCUT2D eigenvalue weighted by molar-refractivity contribution is 0.171. The molecule has 5 nitrogen and oxygen atoms in total. The molecule has 0 atom stereocenters. The molecule has 0 radical (unpaired) electrons. The molecule has 0 saturated carbocycles. The number of aryl methyl sites for hydroxylation is 1. The summed E-state index contributed by atoms with van der Waals surface area (Å²) in [6, 6.07) is 6.09. The molecule has 0 saturated heterocycles. The summed E-state index contributed by atoms with van der Waals surface area (Å²) in [4.78, 5) is 2.22. The number of benzene rings is 1. The molecular weight excluding hydrogens is 290 g/mol. The van der Waals surface area contributed by atoms with E-state index in [0.717, 1.165) is 29.3 Å². The third-order valence-corrected chi connectivity index (χ3v) is 4.18. The van der Waals surface area contributed by atoms with Crippen molar-refractivity contribution in [1.29, 1.82) is 0 Å². The summed E-state index contributed by atoms with van der Waals surface area (Å²) in [7, 11) is 1.94. The molecule has 2 aromatic rings. The van der Waals surface area contributed by atoms with Gasteiger partial charge in [-0.2, -0.15) is 5.10 Å². The summed E-state index contributed by atoms with van der Waals surface area (Å²) >= 11 is 0. The Morgan fingerprint density at radius 2 is 1.96 bits per heavy atom. The molecule has 0 spiro atoms. The van der Waals surface area contributed by atoms with Gasteiger partial charge >= 0.3 is 0 Å².